The average molecular weight is 344 g/mol. The summed E-state index contributed by atoms with van der Waals surface area (Å²) in [4.78, 5) is 13.8. The third-order valence-corrected chi connectivity index (χ3v) is 3.99. The minimum Gasteiger partial charge on any atom is -0.481 e. The van der Waals surface area contributed by atoms with Crippen molar-refractivity contribution in [2.24, 2.45) is 0 Å². The summed E-state index contributed by atoms with van der Waals surface area (Å²) in [5, 5.41) is 17.1. The van der Waals surface area contributed by atoms with Crippen LogP contribution in [-0.4, -0.2) is 22.6 Å². The van der Waals surface area contributed by atoms with Gasteiger partial charge in [-0.25, -0.2) is 0 Å². The van der Waals surface area contributed by atoms with Crippen LogP contribution < -0.4 is 10.6 Å². The fraction of sp³-hybridized carbons (Fsp3) is 0.167. The largest absolute Gasteiger partial charge is 0.481 e. The Morgan fingerprint density at radius 3 is 2.62 bits per heavy atom. The van der Waals surface area contributed by atoms with Crippen molar-refractivity contribution >= 4 is 39.8 Å². The van der Waals surface area contributed by atoms with Gasteiger partial charge in [-0.05, 0) is 35.9 Å². The maximum Gasteiger partial charge on any atom is 0.305 e. The highest BCUT2D eigenvalue weighted by Gasteiger charge is 2.06. The van der Waals surface area contributed by atoms with Crippen LogP contribution in [0.2, 0.25) is 5.02 Å². The van der Waals surface area contributed by atoms with Gasteiger partial charge in [-0.3, -0.25) is 4.79 Å². The fourth-order valence-corrected chi connectivity index (χ4v) is 2.88. The number of fused-ring (bicyclic) bond motifs is 1. The second kappa shape index (κ2) is 7.27. The van der Waals surface area contributed by atoms with Crippen molar-refractivity contribution in [3.05, 3.63) is 59.2 Å². The Morgan fingerprint density at radius 2 is 1.88 bits per heavy atom. The average Bonchev–Trinajstić information content (AvgIpc) is 3.01. The van der Waals surface area contributed by atoms with Crippen molar-refractivity contribution in [3.8, 4) is 0 Å². The zero-order valence-corrected chi connectivity index (χ0v) is 13.7. The van der Waals surface area contributed by atoms with Crippen molar-refractivity contribution in [3.63, 3.8) is 0 Å². The molecule has 0 aliphatic rings. The molecule has 2 aromatic carbocycles. The van der Waals surface area contributed by atoms with E-state index in [-0.39, 0.29) is 6.42 Å². The number of halogens is 1. The van der Waals surface area contributed by atoms with Gasteiger partial charge in [0.2, 0.25) is 0 Å². The second-order valence-corrected chi connectivity index (χ2v) is 5.91. The van der Waals surface area contributed by atoms with Crippen molar-refractivity contribution in [2.75, 3.05) is 17.2 Å². The fourth-order valence-electron chi connectivity index (χ4n) is 2.64. The Kier molecular flexibility index (Phi) is 4.91. The Morgan fingerprint density at radius 1 is 1.12 bits per heavy atom. The van der Waals surface area contributed by atoms with E-state index in [9.17, 15) is 4.79 Å². The Hall–Kier alpha value is -2.66. The van der Waals surface area contributed by atoms with Crippen LogP contribution in [-0.2, 0) is 11.3 Å². The molecule has 0 unspecified atom stereocenters. The van der Waals surface area contributed by atoms with Gasteiger partial charge < -0.3 is 20.7 Å². The zero-order valence-electron chi connectivity index (χ0n) is 13.0. The Bertz CT molecular complexity index is 860. The number of carboxylic acid groups (broad SMARTS) is 1. The number of carboxylic acids is 1. The quantitative estimate of drug-likeness (QED) is 0.515. The molecule has 1 heterocycles. The molecule has 5 nitrogen and oxygen atoms in total. The van der Waals surface area contributed by atoms with E-state index in [0.717, 1.165) is 27.8 Å². The number of aliphatic carboxylic acids is 1. The van der Waals surface area contributed by atoms with Gasteiger partial charge in [0.15, 0.2) is 0 Å². The van der Waals surface area contributed by atoms with Crippen LogP contribution in [0.25, 0.3) is 10.9 Å². The molecule has 1 aromatic heterocycles. The van der Waals surface area contributed by atoms with Crippen LogP contribution in [0.4, 0.5) is 11.4 Å². The van der Waals surface area contributed by atoms with Gasteiger partial charge in [0, 0.05) is 35.2 Å². The van der Waals surface area contributed by atoms with Gasteiger partial charge >= 0.3 is 5.97 Å². The summed E-state index contributed by atoms with van der Waals surface area (Å²) in [6.45, 7) is 1.000. The summed E-state index contributed by atoms with van der Waals surface area (Å²) in [5.74, 6) is -0.818. The summed E-state index contributed by atoms with van der Waals surface area (Å²) < 4.78 is 0. The molecule has 0 bridgehead atoms. The number of aromatic amines is 1. The lowest BCUT2D eigenvalue weighted by Crippen LogP contribution is -2.09. The molecule has 3 aromatic rings. The topological polar surface area (TPSA) is 77.2 Å². The highest BCUT2D eigenvalue weighted by molar-refractivity contribution is 6.31. The lowest BCUT2D eigenvalue weighted by Gasteiger charge is -2.14. The second-order valence-electron chi connectivity index (χ2n) is 5.47. The Balaban J connectivity index is 1.74. The Labute approximate surface area is 144 Å². The molecule has 124 valence electrons. The van der Waals surface area contributed by atoms with Crippen molar-refractivity contribution in [1.29, 1.82) is 0 Å². The molecule has 0 radical (unpaired) electrons. The number of hydrogen-bond donors (Lipinski definition) is 4. The summed E-state index contributed by atoms with van der Waals surface area (Å²) in [6.07, 6.45) is 1.97. The van der Waals surface area contributed by atoms with Gasteiger partial charge in [-0.2, -0.15) is 0 Å². The van der Waals surface area contributed by atoms with Crippen molar-refractivity contribution in [1.82, 2.24) is 4.98 Å². The van der Waals surface area contributed by atoms with Gasteiger partial charge in [0.05, 0.1) is 17.8 Å². The number of carbonyl (C=O) groups is 1. The first kappa shape index (κ1) is 16.2. The number of H-pyrrole nitrogens is 1. The van der Waals surface area contributed by atoms with E-state index < -0.39 is 5.97 Å². The standard InChI is InChI=1S/C18H18ClN3O2/c19-13-9-12(14-5-7-21-17(14)10-13)11-22-16-4-2-1-3-15(16)20-8-6-18(23)24/h1-5,7,9-10,20-22H,6,8,11H2,(H,23,24). The highest BCUT2D eigenvalue weighted by atomic mass is 35.5. The summed E-state index contributed by atoms with van der Waals surface area (Å²) in [7, 11) is 0. The monoisotopic (exact) mass is 343 g/mol. The number of aromatic nitrogens is 1. The SMILES string of the molecule is O=C(O)CCNc1ccccc1NCc1cc(Cl)cc2[nH]ccc12. The van der Waals surface area contributed by atoms with Crippen LogP contribution in [0.3, 0.4) is 0 Å². The van der Waals surface area contributed by atoms with Crippen LogP contribution in [0, 0.1) is 0 Å². The predicted octanol–water partition coefficient (Wildman–Crippen LogP) is 4.32. The predicted molar refractivity (Wildman–Crippen MR) is 97.8 cm³/mol. The molecule has 0 atom stereocenters. The maximum absolute atomic E-state index is 10.6. The summed E-state index contributed by atoms with van der Waals surface area (Å²) in [5.41, 5.74) is 3.91. The molecule has 0 amide bonds. The van der Waals surface area contributed by atoms with Crippen molar-refractivity contribution in [2.45, 2.75) is 13.0 Å². The van der Waals surface area contributed by atoms with Gasteiger partial charge in [-0.15, -0.1) is 0 Å². The van der Waals surface area contributed by atoms with E-state index in [1.807, 2.05) is 48.7 Å². The molecule has 0 aliphatic carbocycles. The molecule has 6 heteroatoms. The molecule has 4 N–H and O–H groups in total. The molecular weight excluding hydrogens is 326 g/mol. The molecule has 0 saturated carbocycles. The van der Waals surface area contributed by atoms with Crippen molar-refractivity contribution < 1.29 is 9.90 Å². The van der Waals surface area contributed by atoms with Gasteiger partial charge in [-0.1, -0.05) is 23.7 Å². The molecule has 0 fully saturated rings. The minimum absolute atomic E-state index is 0.0760. The lowest BCUT2D eigenvalue weighted by atomic mass is 10.1. The van der Waals surface area contributed by atoms with E-state index >= 15 is 0 Å². The van der Waals surface area contributed by atoms with E-state index in [0.29, 0.717) is 18.1 Å². The maximum atomic E-state index is 10.6. The first-order valence-corrected chi connectivity index (χ1v) is 8.05. The zero-order chi connectivity index (χ0) is 16.9. The summed E-state index contributed by atoms with van der Waals surface area (Å²) >= 11 is 6.18. The van der Waals surface area contributed by atoms with Gasteiger partial charge in [0.25, 0.3) is 0 Å². The number of para-hydroxylation sites is 2. The third kappa shape index (κ3) is 3.81. The number of nitrogens with one attached hydrogen (secondary N) is 3. The number of benzene rings is 2. The smallest absolute Gasteiger partial charge is 0.305 e. The van der Waals surface area contributed by atoms with E-state index in [4.69, 9.17) is 16.7 Å². The highest BCUT2D eigenvalue weighted by Crippen LogP contribution is 2.26. The van der Waals surface area contributed by atoms with Crippen LogP contribution in [0.15, 0.2) is 48.7 Å². The van der Waals surface area contributed by atoms with Gasteiger partial charge in [0.1, 0.15) is 0 Å². The molecule has 3 rings (SSSR count). The summed E-state index contributed by atoms with van der Waals surface area (Å²) in [6, 6.07) is 13.6. The first-order chi connectivity index (χ1) is 11.6. The van der Waals surface area contributed by atoms with E-state index in [1.165, 1.54) is 0 Å². The third-order valence-electron chi connectivity index (χ3n) is 3.77. The van der Waals surface area contributed by atoms with Crippen LogP contribution >= 0.6 is 11.6 Å². The van der Waals surface area contributed by atoms with E-state index in [1.54, 1.807) is 0 Å². The van der Waals surface area contributed by atoms with E-state index in [2.05, 4.69) is 15.6 Å². The molecular formula is C18H18ClN3O2. The number of anilines is 2. The van der Waals surface area contributed by atoms with Crippen LogP contribution in [0.1, 0.15) is 12.0 Å². The molecule has 0 saturated heterocycles. The molecule has 0 aliphatic heterocycles. The number of hydrogen-bond acceptors (Lipinski definition) is 3. The number of rotatable bonds is 7. The normalized spacial score (nSPS) is 10.7. The molecule has 0 spiro atoms. The minimum atomic E-state index is -0.818. The lowest BCUT2D eigenvalue weighted by molar-refractivity contribution is -0.136. The van der Waals surface area contributed by atoms with Crippen LogP contribution in [0.5, 0.6) is 0 Å². The first-order valence-electron chi connectivity index (χ1n) is 7.67. The molecule has 24 heavy (non-hydrogen) atoms.